The van der Waals surface area contributed by atoms with Crippen LogP contribution in [0.5, 0.6) is 5.75 Å². The summed E-state index contributed by atoms with van der Waals surface area (Å²) >= 11 is 0. The average molecular weight is 376 g/mol. The van der Waals surface area contributed by atoms with Crippen molar-refractivity contribution in [3.8, 4) is 5.75 Å². The molecule has 0 heterocycles. The number of nitro groups is 1. The van der Waals surface area contributed by atoms with Crippen LogP contribution in [0.3, 0.4) is 0 Å². The van der Waals surface area contributed by atoms with Crippen LogP contribution in [0, 0.1) is 10.1 Å². The van der Waals surface area contributed by atoms with Crippen LogP contribution in [0.1, 0.15) is 11.1 Å². The molecule has 0 saturated heterocycles. The summed E-state index contributed by atoms with van der Waals surface area (Å²) in [6.45, 7) is 1.26. The minimum atomic E-state index is -1.82. The highest BCUT2D eigenvalue weighted by molar-refractivity contribution is 6.27. The second-order valence-electron chi connectivity index (χ2n) is 5.27. The number of hydrogen-bond donors (Lipinski definition) is 3. The van der Waals surface area contributed by atoms with Crippen molar-refractivity contribution in [2.24, 2.45) is 0 Å². The Hall–Kier alpha value is -3.46. The summed E-state index contributed by atoms with van der Waals surface area (Å²) in [5, 5.41) is 28.9. The maximum Gasteiger partial charge on any atom is 0.414 e. The molecule has 2 aromatic carbocycles. The van der Waals surface area contributed by atoms with Gasteiger partial charge in [-0.25, -0.2) is 9.59 Å². The first-order valence-corrected chi connectivity index (χ1v) is 7.87. The van der Waals surface area contributed by atoms with Gasteiger partial charge in [0.1, 0.15) is 5.75 Å². The minimum absolute atomic E-state index is 0.162. The lowest BCUT2D eigenvalue weighted by atomic mass is 10.1. The number of nitro benzene ring substituents is 1. The number of nitrogens with one attached hydrogen (secondary N) is 1. The minimum Gasteiger partial charge on any atom is -0.497 e. The molecule has 0 aliphatic rings. The molecular weight excluding hydrogens is 356 g/mol. The third-order valence-electron chi connectivity index (χ3n) is 3.44. The summed E-state index contributed by atoms with van der Waals surface area (Å²) in [5.74, 6) is -2.81. The number of hydrogen-bond acceptors (Lipinski definition) is 6. The van der Waals surface area contributed by atoms with Crippen LogP contribution in [0.25, 0.3) is 0 Å². The van der Waals surface area contributed by atoms with Gasteiger partial charge in [-0.05, 0) is 30.7 Å². The number of carboxylic acids is 2. The average Bonchev–Trinajstić information content (AvgIpc) is 2.66. The molecule has 3 N–H and O–H groups in total. The van der Waals surface area contributed by atoms with E-state index in [2.05, 4.69) is 5.32 Å². The van der Waals surface area contributed by atoms with Gasteiger partial charge >= 0.3 is 11.9 Å². The van der Waals surface area contributed by atoms with E-state index in [1.807, 2.05) is 30.3 Å². The van der Waals surface area contributed by atoms with E-state index in [4.69, 9.17) is 24.5 Å². The quantitative estimate of drug-likeness (QED) is 0.289. The molecule has 0 aliphatic heterocycles. The fourth-order valence-electron chi connectivity index (χ4n) is 2.09. The summed E-state index contributed by atoms with van der Waals surface area (Å²) < 4.78 is 5.11. The second-order valence-corrected chi connectivity index (χ2v) is 5.27. The number of benzene rings is 2. The lowest BCUT2D eigenvalue weighted by molar-refractivity contribution is -0.385. The van der Waals surface area contributed by atoms with Gasteiger partial charge in [-0.15, -0.1) is 0 Å². The molecule has 0 spiro atoms. The molecular formula is C18H20N2O7. The maximum atomic E-state index is 10.9. The van der Waals surface area contributed by atoms with Crippen molar-refractivity contribution in [3.05, 3.63) is 69.8 Å². The summed E-state index contributed by atoms with van der Waals surface area (Å²) in [5.41, 5.74) is 2.07. The molecule has 0 unspecified atom stereocenters. The van der Waals surface area contributed by atoms with Gasteiger partial charge in [0, 0.05) is 18.2 Å². The number of para-hydroxylation sites is 1. The van der Waals surface area contributed by atoms with E-state index in [9.17, 15) is 10.1 Å². The molecule has 0 bridgehead atoms. The Kier molecular flexibility index (Phi) is 8.96. The number of methoxy groups -OCH3 is 1. The molecule has 0 radical (unpaired) electrons. The topological polar surface area (TPSA) is 139 Å². The van der Waals surface area contributed by atoms with Gasteiger partial charge in [-0.1, -0.05) is 30.3 Å². The Morgan fingerprint density at radius 2 is 1.67 bits per heavy atom. The SMILES string of the molecule is COc1ccc(CCNCc2ccccc2[N+](=O)[O-])cc1.O=C(O)C(=O)O. The lowest BCUT2D eigenvalue weighted by Crippen LogP contribution is -2.17. The number of carbonyl (C=O) groups is 2. The molecule has 9 nitrogen and oxygen atoms in total. The van der Waals surface area contributed by atoms with Crippen molar-refractivity contribution in [2.45, 2.75) is 13.0 Å². The first kappa shape index (κ1) is 21.6. The molecule has 27 heavy (non-hydrogen) atoms. The molecule has 0 atom stereocenters. The Balaban J connectivity index is 0.000000527. The first-order chi connectivity index (χ1) is 12.8. The number of rotatable bonds is 7. The Labute approximate surface area is 155 Å². The summed E-state index contributed by atoms with van der Waals surface area (Å²) in [7, 11) is 1.64. The van der Waals surface area contributed by atoms with E-state index in [1.165, 1.54) is 11.6 Å². The normalized spacial score (nSPS) is 9.67. The molecule has 0 saturated carbocycles. The van der Waals surface area contributed by atoms with Crippen LogP contribution in [0.15, 0.2) is 48.5 Å². The highest BCUT2D eigenvalue weighted by atomic mass is 16.6. The number of carboxylic acid groups (broad SMARTS) is 2. The van der Waals surface area contributed by atoms with Crippen LogP contribution in [0.2, 0.25) is 0 Å². The molecule has 9 heteroatoms. The molecule has 0 amide bonds. The third kappa shape index (κ3) is 7.97. The van der Waals surface area contributed by atoms with Gasteiger partial charge < -0.3 is 20.3 Å². The highest BCUT2D eigenvalue weighted by Crippen LogP contribution is 2.17. The van der Waals surface area contributed by atoms with Gasteiger partial charge in [0.15, 0.2) is 0 Å². The van der Waals surface area contributed by atoms with E-state index >= 15 is 0 Å². The lowest BCUT2D eigenvalue weighted by Gasteiger charge is -2.06. The molecule has 2 rings (SSSR count). The molecule has 0 fully saturated rings. The second kappa shape index (κ2) is 11.2. The van der Waals surface area contributed by atoms with Gasteiger partial charge in [-0.3, -0.25) is 10.1 Å². The van der Waals surface area contributed by atoms with Crippen molar-refractivity contribution >= 4 is 17.6 Å². The largest absolute Gasteiger partial charge is 0.497 e. The molecule has 0 aromatic heterocycles. The molecule has 144 valence electrons. The van der Waals surface area contributed by atoms with Crippen molar-refractivity contribution in [1.29, 1.82) is 0 Å². The Morgan fingerprint density at radius 1 is 1.07 bits per heavy atom. The van der Waals surface area contributed by atoms with E-state index in [0.29, 0.717) is 12.1 Å². The Morgan fingerprint density at radius 3 is 2.19 bits per heavy atom. The summed E-state index contributed by atoms with van der Waals surface area (Å²) in [6.07, 6.45) is 0.866. The zero-order chi connectivity index (χ0) is 20.2. The zero-order valence-corrected chi connectivity index (χ0v) is 14.6. The predicted molar refractivity (Wildman–Crippen MR) is 96.8 cm³/mol. The van der Waals surface area contributed by atoms with Crippen LogP contribution in [-0.2, 0) is 22.6 Å². The van der Waals surface area contributed by atoms with Crippen molar-refractivity contribution in [2.75, 3.05) is 13.7 Å². The first-order valence-electron chi connectivity index (χ1n) is 7.87. The fraction of sp³-hybridized carbons (Fsp3) is 0.222. The monoisotopic (exact) mass is 376 g/mol. The summed E-state index contributed by atoms with van der Waals surface area (Å²) in [6, 6.07) is 14.7. The standard InChI is InChI=1S/C16H18N2O3.C2H2O4/c1-21-15-8-6-13(7-9-15)10-11-17-12-14-4-2-3-5-16(14)18(19)20;3-1(4)2(5)6/h2-9,17H,10-12H2,1H3;(H,3,4)(H,5,6). The van der Waals surface area contributed by atoms with Crippen molar-refractivity contribution in [3.63, 3.8) is 0 Å². The molecule has 0 aliphatic carbocycles. The van der Waals surface area contributed by atoms with Gasteiger partial charge in [0.25, 0.3) is 5.69 Å². The molecule has 2 aromatic rings. The van der Waals surface area contributed by atoms with Crippen LogP contribution >= 0.6 is 0 Å². The number of aliphatic carboxylic acids is 2. The number of ether oxygens (including phenoxy) is 1. The smallest absolute Gasteiger partial charge is 0.414 e. The van der Waals surface area contributed by atoms with Crippen LogP contribution in [-0.4, -0.2) is 40.7 Å². The van der Waals surface area contributed by atoms with Crippen molar-refractivity contribution < 1.29 is 29.5 Å². The van der Waals surface area contributed by atoms with E-state index < -0.39 is 11.9 Å². The maximum absolute atomic E-state index is 10.9. The van der Waals surface area contributed by atoms with E-state index in [-0.39, 0.29) is 10.6 Å². The Bertz CT molecular complexity index is 764. The van der Waals surface area contributed by atoms with E-state index in [1.54, 1.807) is 19.2 Å². The summed E-state index contributed by atoms with van der Waals surface area (Å²) in [4.78, 5) is 28.8. The zero-order valence-electron chi connectivity index (χ0n) is 14.6. The van der Waals surface area contributed by atoms with Crippen molar-refractivity contribution in [1.82, 2.24) is 5.32 Å². The van der Waals surface area contributed by atoms with Gasteiger partial charge in [0.2, 0.25) is 0 Å². The van der Waals surface area contributed by atoms with Gasteiger partial charge in [-0.2, -0.15) is 0 Å². The predicted octanol–water partition coefficient (Wildman–Crippen LogP) is 2.09. The number of nitrogens with zero attached hydrogens (tertiary/aromatic N) is 1. The fourth-order valence-corrected chi connectivity index (χ4v) is 2.09. The van der Waals surface area contributed by atoms with Crippen LogP contribution < -0.4 is 10.1 Å². The van der Waals surface area contributed by atoms with Crippen LogP contribution in [0.4, 0.5) is 5.69 Å². The van der Waals surface area contributed by atoms with Gasteiger partial charge in [0.05, 0.1) is 12.0 Å². The third-order valence-corrected chi connectivity index (χ3v) is 3.44. The highest BCUT2D eigenvalue weighted by Gasteiger charge is 2.11. The van der Waals surface area contributed by atoms with E-state index in [0.717, 1.165) is 18.7 Å².